The molecule has 3 nitrogen and oxygen atoms in total. The molecule has 4 aromatic rings. The van der Waals surface area contributed by atoms with Crippen LogP contribution in [-0.2, 0) is 0 Å². The molecule has 0 aliphatic heterocycles. The maximum Gasteiger partial charge on any atom is 0.202 e. The van der Waals surface area contributed by atoms with E-state index in [4.69, 9.17) is 4.42 Å². The van der Waals surface area contributed by atoms with E-state index in [-0.39, 0.29) is 5.43 Å². The Morgan fingerprint density at radius 3 is 2.48 bits per heavy atom. The molecule has 21 heavy (non-hydrogen) atoms. The number of aromatic amines is 1. The van der Waals surface area contributed by atoms with Crippen molar-refractivity contribution in [2.24, 2.45) is 0 Å². The van der Waals surface area contributed by atoms with Gasteiger partial charge in [-0.25, -0.2) is 0 Å². The number of nitrogens with one attached hydrogen (secondary N) is 1. The lowest BCUT2D eigenvalue weighted by atomic mass is 10.1. The van der Waals surface area contributed by atoms with Gasteiger partial charge in [-0.15, -0.1) is 0 Å². The average Bonchev–Trinajstić information content (AvgIpc) is 2.86. The fourth-order valence-corrected chi connectivity index (χ4v) is 2.76. The minimum atomic E-state index is 0.00931. The molecule has 4 rings (SSSR count). The molecule has 0 aliphatic carbocycles. The molecule has 0 spiro atoms. The van der Waals surface area contributed by atoms with Crippen molar-refractivity contribution in [3.05, 3.63) is 70.5 Å². The summed E-state index contributed by atoms with van der Waals surface area (Å²) in [5.41, 5.74) is 3.94. The molecule has 1 N–H and O–H groups in total. The van der Waals surface area contributed by atoms with Crippen LogP contribution in [-0.4, -0.2) is 4.98 Å². The fourth-order valence-electron chi connectivity index (χ4n) is 2.76. The molecule has 2 aromatic heterocycles. The average molecular weight is 275 g/mol. The molecular weight excluding hydrogens is 262 g/mol. The molecule has 3 heteroatoms. The Hall–Kier alpha value is -2.81. The number of rotatable bonds is 1. The molecule has 0 amide bonds. The highest BCUT2D eigenvalue weighted by Crippen LogP contribution is 2.30. The maximum atomic E-state index is 12.8. The molecular formula is C18H13NO2. The normalized spacial score (nSPS) is 11.3. The first-order valence-electron chi connectivity index (χ1n) is 6.85. The van der Waals surface area contributed by atoms with E-state index in [0.29, 0.717) is 21.9 Å². The topological polar surface area (TPSA) is 46.0 Å². The van der Waals surface area contributed by atoms with Crippen molar-refractivity contribution >= 4 is 21.9 Å². The lowest BCUT2D eigenvalue weighted by Crippen LogP contribution is -2.01. The third-order valence-electron chi connectivity index (χ3n) is 3.76. The Labute approximate surface area is 120 Å². The van der Waals surface area contributed by atoms with Crippen LogP contribution in [0.1, 0.15) is 5.69 Å². The lowest BCUT2D eigenvalue weighted by Gasteiger charge is -2.00. The van der Waals surface area contributed by atoms with Gasteiger partial charge in [-0.3, -0.25) is 4.79 Å². The zero-order valence-corrected chi connectivity index (χ0v) is 11.5. The summed E-state index contributed by atoms with van der Waals surface area (Å²) in [4.78, 5) is 16.1. The van der Waals surface area contributed by atoms with E-state index >= 15 is 0 Å². The first-order valence-corrected chi connectivity index (χ1v) is 6.85. The predicted octanol–water partition coefficient (Wildman–Crippen LogP) is 4.25. The molecule has 2 heterocycles. The van der Waals surface area contributed by atoms with E-state index in [0.717, 1.165) is 17.0 Å². The van der Waals surface area contributed by atoms with Crippen LogP contribution >= 0.6 is 0 Å². The number of benzene rings is 2. The van der Waals surface area contributed by atoms with Crippen LogP contribution in [0, 0.1) is 6.92 Å². The van der Waals surface area contributed by atoms with Gasteiger partial charge in [0.2, 0.25) is 5.43 Å². The van der Waals surface area contributed by atoms with Crippen molar-refractivity contribution < 1.29 is 4.42 Å². The minimum Gasteiger partial charge on any atom is -0.454 e. The van der Waals surface area contributed by atoms with Gasteiger partial charge < -0.3 is 9.40 Å². The van der Waals surface area contributed by atoms with Gasteiger partial charge in [-0.1, -0.05) is 42.5 Å². The molecule has 0 aliphatic rings. The molecule has 2 aromatic carbocycles. The van der Waals surface area contributed by atoms with Gasteiger partial charge in [0.1, 0.15) is 5.58 Å². The Morgan fingerprint density at radius 1 is 0.952 bits per heavy atom. The van der Waals surface area contributed by atoms with E-state index in [2.05, 4.69) is 4.98 Å². The smallest absolute Gasteiger partial charge is 0.202 e. The van der Waals surface area contributed by atoms with Crippen molar-refractivity contribution in [2.75, 3.05) is 0 Å². The van der Waals surface area contributed by atoms with Crippen molar-refractivity contribution in [3.8, 4) is 11.3 Å². The van der Waals surface area contributed by atoms with Crippen LogP contribution in [0.15, 0.2) is 63.8 Å². The quantitative estimate of drug-likeness (QED) is 0.564. The number of fused-ring (bicyclic) bond motifs is 2. The van der Waals surface area contributed by atoms with Gasteiger partial charge >= 0.3 is 0 Å². The lowest BCUT2D eigenvalue weighted by molar-refractivity contribution is 0.657. The molecule has 0 saturated carbocycles. The number of aryl methyl sites for hydroxylation is 1. The second kappa shape index (κ2) is 4.35. The second-order valence-electron chi connectivity index (χ2n) is 5.12. The number of aromatic nitrogens is 1. The van der Waals surface area contributed by atoms with Crippen LogP contribution in [0.5, 0.6) is 0 Å². The maximum absolute atomic E-state index is 12.8. The number of para-hydroxylation sites is 1. The number of hydrogen-bond acceptors (Lipinski definition) is 2. The van der Waals surface area contributed by atoms with E-state index in [1.807, 2.05) is 55.5 Å². The molecule has 0 unspecified atom stereocenters. The summed E-state index contributed by atoms with van der Waals surface area (Å²) in [6.07, 6.45) is 0. The first kappa shape index (κ1) is 12.0. The molecule has 0 bridgehead atoms. The molecule has 102 valence electrons. The minimum absolute atomic E-state index is 0.00931. The first-order chi connectivity index (χ1) is 10.3. The highest BCUT2D eigenvalue weighted by Gasteiger charge is 2.17. The summed E-state index contributed by atoms with van der Waals surface area (Å²) in [7, 11) is 0. The van der Waals surface area contributed by atoms with Crippen LogP contribution in [0.25, 0.3) is 33.2 Å². The zero-order chi connectivity index (χ0) is 14.4. The number of H-pyrrole nitrogens is 1. The predicted molar refractivity (Wildman–Crippen MR) is 84.5 cm³/mol. The third-order valence-corrected chi connectivity index (χ3v) is 3.76. The number of hydrogen-bond donors (Lipinski definition) is 1. The molecule has 0 fully saturated rings. The van der Waals surface area contributed by atoms with Crippen LogP contribution < -0.4 is 5.43 Å². The van der Waals surface area contributed by atoms with Crippen LogP contribution in [0.4, 0.5) is 0 Å². The summed E-state index contributed by atoms with van der Waals surface area (Å²) in [5, 5.41) is 1.23. The van der Waals surface area contributed by atoms with Gasteiger partial charge in [-0.05, 0) is 24.6 Å². The van der Waals surface area contributed by atoms with E-state index < -0.39 is 0 Å². The Kier molecular flexibility index (Phi) is 2.48. The van der Waals surface area contributed by atoms with E-state index in [1.165, 1.54) is 0 Å². The second-order valence-corrected chi connectivity index (χ2v) is 5.12. The van der Waals surface area contributed by atoms with Gasteiger partial charge in [0.15, 0.2) is 5.58 Å². The van der Waals surface area contributed by atoms with Crippen LogP contribution in [0.3, 0.4) is 0 Å². The van der Waals surface area contributed by atoms with Crippen molar-refractivity contribution in [3.63, 3.8) is 0 Å². The summed E-state index contributed by atoms with van der Waals surface area (Å²) in [5.74, 6) is 0. The van der Waals surface area contributed by atoms with Crippen molar-refractivity contribution in [2.45, 2.75) is 6.92 Å². The standard InChI is InChI=1S/C18H13NO2/c1-11-18-15(16(19-11)12-7-3-2-4-8-12)17(20)13-9-5-6-10-14(13)21-18/h2-10,19H,1H3. The summed E-state index contributed by atoms with van der Waals surface area (Å²) in [6, 6.07) is 17.2. The molecule has 0 atom stereocenters. The van der Waals surface area contributed by atoms with Gasteiger partial charge in [0.25, 0.3) is 0 Å². The molecule has 0 saturated heterocycles. The Morgan fingerprint density at radius 2 is 1.67 bits per heavy atom. The summed E-state index contributed by atoms with van der Waals surface area (Å²) >= 11 is 0. The van der Waals surface area contributed by atoms with Gasteiger partial charge in [0.05, 0.1) is 22.2 Å². The Bertz CT molecular complexity index is 1010. The fraction of sp³-hybridized carbons (Fsp3) is 0.0556. The summed E-state index contributed by atoms with van der Waals surface area (Å²) in [6.45, 7) is 1.92. The van der Waals surface area contributed by atoms with E-state index in [1.54, 1.807) is 6.07 Å². The zero-order valence-electron chi connectivity index (χ0n) is 11.5. The largest absolute Gasteiger partial charge is 0.454 e. The SMILES string of the molecule is Cc1[nH]c(-c2ccccc2)c2c(=O)c3ccccc3oc12. The monoisotopic (exact) mass is 275 g/mol. The Balaban J connectivity index is 2.20. The van der Waals surface area contributed by atoms with Crippen molar-refractivity contribution in [1.29, 1.82) is 0 Å². The highest BCUT2D eigenvalue weighted by atomic mass is 16.3. The summed E-state index contributed by atoms with van der Waals surface area (Å²) < 4.78 is 5.93. The van der Waals surface area contributed by atoms with Crippen molar-refractivity contribution in [1.82, 2.24) is 4.98 Å². The van der Waals surface area contributed by atoms with Gasteiger partial charge in [-0.2, -0.15) is 0 Å². The van der Waals surface area contributed by atoms with E-state index in [9.17, 15) is 4.79 Å². The van der Waals surface area contributed by atoms with Crippen LogP contribution in [0.2, 0.25) is 0 Å². The highest BCUT2D eigenvalue weighted by molar-refractivity contribution is 5.99. The van der Waals surface area contributed by atoms with Gasteiger partial charge in [0, 0.05) is 0 Å². The molecule has 0 radical (unpaired) electrons. The third kappa shape index (κ3) is 1.71.